The summed E-state index contributed by atoms with van der Waals surface area (Å²) < 4.78 is 0. The van der Waals surface area contributed by atoms with Crippen molar-refractivity contribution in [2.24, 2.45) is 0 Å². The lowest BCUT2D eigenvalue weighted by molar-refractivity contribution is 0.733. The number of nitrogens with one attached hydrogen (secondary N) is 1. The summed E-state index contributed by atoms with van der Waals surface area (Å²) in [5, 5.41) is 3.40. The number of hydrogen-bond acceptors (Lipinski definition) is 1. The van der Waals surface area contributed by atoms with E-state index in [1.165, 1.54) is 27.8 Å². The molecule has 1 nitrogen and oxygen atoms in total. The first-order valence-corrected chi connectivity index (χ1v) is 5.42. The Balaban J connectivity index is 2.72. The van der Waals surface area contributed by atoms with E-state index in [9.17, 15) is 0 Å². The van der Waals surface area contributed by atoms with Crippen LogP contribution in [0.2, 0.25) is 0 Å². The zero-order chi connectivity index (χ0) is 11.4. The standard InChI is InChI=1S/C14H21N/c1-10(2)8-15-9-14-12(4)6-11(3)7-13(14)5/h6-7,15H,1,8-9H2,2-5H3. The van der Waals surface area contributed by atoms with Gasteiger partial charge in [-0.15, -0.1) is 0 Å². The van der Waals surface area contributed by atoms with Gasteiger partial charge in [0.05, 0.1) is 0 Å². The highest BCUT2D eigenvalue weighted by atomic mass is 14.8. The molecular weight excluding hydrogens is 182 g/mol. The molecule has 0 atom stereocenters. The minimum atomic E-state index is 0.896. The molecule has 0 aromatic heterocycles. The van der Waals surface area contributed by atoms with Crippen molar-refractivity contribution < 1.29 is 0 Å². The molecule has 1 heteroatoms. The maximum Gasteiger partial charge on any atom is 0.0213 e. The second kappa shape index (κ2) is 5.13. The van der Waals surface area contributed by atoms with Crippen molar-refractivity contribution in [3.63, 3.8) is 0 Å². The van der Waals surface area contributed by atoms with Crippen molar-refractivity contribution in [1.82, 2.24) is 5.32 Å². The summed E-state index contributed by atoms with van der Waals surface area (Å²) in [6.07, 6.45) is 0. The maximum atomic E-state index is 3.88. The van der Waals surface area contributed by atoms with Crippen LogP contribution in [0.15, 0.2) is 24.3 Å². The van der Waals surface area contributed by atoms with Gasteiger partial charge in [-0.25, -0.2) is 0 Å². The monoisotopic (exact) mass is 203 g/mol. The molecule has 1 aromatic carbocycles. The van der Waals surface area contributed by atoms with Crippen molar-refractivity contribution in [2.45, 2.75) is 34.2 Å². The molecule has 0 unspecified atom stereocenters. The van der Waals surface area contributed by atoms with E-state index in [4.69, 9.17) is 0 Å². The second-order valence-corrected chi connectivity index (χ2v) is 4.44. The smallest absolute Gasteiger partial charge is 0.0213 e. The Hall–Kier alpha value is -1.08. The van der Waals surface area contributed by atoms with Gasteiger partial charge in [0, 0.05) is 13.1 Å². The molecule has 0 aliphatic carbocycles. The van der Waals surface area contributed by atoms with Gasteiger partial charge in [-0.1, -0.05) is 29.8 Å². The van der Waals surface area contributed by atoms with Gasteiger partial charge in [0.1, 0.15) is 0 Å². The lowest BCUT2D eigenvalue weighted by atomic mass is 10.00. The van der Waals surface area contributed by atoms with Gasteiger partial charge in [-0.05, 0) is 44.4 Å². The van der Waals surface area contributed by atoms with E-state index >= 15 is 0 Å². The lowest BCUT2D eigenvalue weighted by Gasteiger charge is -2.12. The third kappa shape index (κ3) is 3.52. The van der Waals surface area contributed by atoms with Crippen LogP contribution >= 0.6 is 0 Å². The van der Waals surface area contributed by atoms with Crippen LogP contribution in [0.1, 0.15) is 29.2 Å². The Kier molecular flexibility index (Phi) is 4.10. The van der Waals surface area contributed by atoms with Crippen LogP contribution < -0.4 is 5.32 Å². The highest BCUT2D eigenvalue weighted by Gasteiger charge is 2.02. The van der Waals surface area contributed by atoms with Crippen LogP contribution in [0, 0.1) is 20.8 Å². The van der Waals surface area contributed by atoms with Gasteiger partial charge >= 0.3 is 0 Å². The van der Waals surface area contributed by atoms with Crippen molar-refractivity contribution in [1.29, 1.82) is 0 Å². The first-order chi connectivity index (χ1) is 7.00. The Morgan fingerprint density at radius 1 is 1.20 bits per heavy atom. The summed E-state index contributed by atoms with van der Waals surface area (Å²) in [4.78, 5) is 0. The van der Waals surface area contributed by atoms with Gasteiger partial charge in [-0.3, -0.25) is 0 Å². The molecule has 0 amide bonds. The summed E-state index contributed by atoms with van der Waals surface area (Å²) in [5.41, 5.74) is 6.69. The van der Waals surface area contributed by atoms with Crippen molar-refractivity contribution >= 4 is 0 Å². The van der Waals surface area contributed by atoms with E-state index < -0.39 is 0 Å². The molecule has 1 rings (SSSR count). The van der Waals surface area contributed by atoms with Gasteiger partial charge in [0.15, 0.2) is 0 Å². The molecule has 0 aliphatic rings. The van der Waals surface area contributed by atoms with Gasteiger partial charge in [0.2, 0.25) is 0 Å². The minimum absolute atomic E-state index is 0.896. The third-order valence-electron chi connectivity index (χ3n) is 2.57. The minimum Gasteiger partial charge on any atom is -0.309 e. The van der Waals surface area contributed by atoms with Crippen LogP contribution in [0.5, 0.6) is 0 Å². The zero-order valence-electron chi connectivity index (χ0n) is 10.3. The SMILES string of the molecule is C=C(C)CNCc1c(C)cc(C)cc1C. The molecule has 0 heterocycles. The molecule has 0 aliphatic heterocycles. The predicted molar refractivity (Wildman–Crippen MR) is 67.2 cm³/mol. The Labute approximate surface area is 93.2 Å². The van der Waals surface area contributed by atoms with E-state index in [0.29, 0.717) is 0 Å². The Morgan fingerprint density at radius 3 is 2.20 bits per heavy atom. The predicted octanol–water partition coefficient (Wildman–Crippen LogP) is 3.28. The third-order valence-corrected chi connectivity index (χ3v) is 2.57. The highest BCUT2D eigenvalue weighted by molar-refractivity contribution is 5.37. The molecule has 0 fully saturated rings. The van der Waals surface area contributed by atoms with Crippen LogP contribution in [0.4, 0.5) is 0 Å². The van der Waals surface area contributed by atoms with Crippen LogP contribution in [-0.4, -0.2) is 6.54 Å². The fourth-order valence-corrected chi connectivity index (χ4v) is 1.89. The van der Waals surface area contributed by atoms with Crippen molar-refractivity contribution in [2.75, 3.05) is 6.54 Å². The number of hydrogen-bond donors (Lipinski definition) is 1. The van der Waals surface area contributed by atoms with Crippen molar-refractivity contribution in [3.8, 4) is 0 Å². The van der Waals surface area contributed by atoms with Crippen LogP contribution in [-0.2, 0) is 6.54 Å². The van der Waals surface area contributed by atoms with E-state index in [2.05, 4.69) is 44.8 Å². The van der Waals surface area contributed by atoms with E-state index in [1.807, 2.05) is 6.92 Å². The number of rotatable bonds is 4. The summed E-state index contributed by atoms with van der Waals surface area (Å²) in [6.45, 7) is 14.3. The quantitative estimate of drug-likeness (QED) is 0.740. The largest absolute Gasteiger partial charge is 0.309 e. The van der Waals surface area contributed by atoms with Crippen molar-refractivity contribution in [3.05, 3.63) is 46.5 Å². The molecular formula is C14H21N. The average Bonchev–Trinajstić information content (AvgIpc) is 2.08. The summed E-state index contributed by atoms with van der Waals surface area (Å²) in [6, 6.07) is 4.48. The Bertz CT molecular complexity index is 341. The normalized spacial score (nSPS) is 10.4. The molecule has 0 saturated carbocycles. The van der Waals surface area contributed by atoms with E-state index in [0.717, 1.165) is 13.1 Å². The fourth-order valence-electron chi connectivity index (χ4n) is 1.89. The van der Waals surface area contributed by atoms with Gasteiger partial charge in [0.25, 0.3) is 0 Å². The maximum absolute atomic E-state index is 3.88. The zero-order valence-corrected chi connectivity index (χ0v) is 10.3. The second-order valence-electron chi connectivity index (χ2n) is 4.44. The fraction of sp³-hybridized carbons (Fsp3) is 0.429. The molecule has 15 heavy (non-hydrogen) atoms. The first-order valence-electron chi connectivity index (χ1n) is 5.42. The highest BCUT2D eigenvalue weighted by Crippen LogP contribution is 2.15. The molecule has 0 radical (unpaired) electrons. The average molecular weight is 203 g/mol. The van der Waals surface area contributed by atoms with Gasteiger partial charge in [-0.2, -0.15) is 0 Å². The summed E-state index contributed by atoms with van der Waals surface area (Å²) in [7, 11) is 0. The van der Waals surface area contributed by atoms with Gasteiger partial charge < -0.3 is 5.32 Å². The summed E-state index contributed by atoms with van der Waals surface area (Å²) >= 11 is 0. The van der Waals surface area contributed by atoms with E-state index in [-0.39, 0.29) is 0 Å². The molecule has 1 aromatic rings. The summed E-state index contributed by atoms with van der Waals surface area (Å²) in [5.74, 6) is 0. The van der Waals surface area contributed by atoms with Crippen LogP contribution in [0.3, 0.4) is 0 Å². The Morgan fingerprint density at radius 2 is 1.73 bits per heavy atom. The topological polar surface area (TPSA) is 12.0 Å². The first kappa shape index (κ1) is 12.0. The number of aryl methyl sites for hydroxylation is 3. The lowest BCUT2D eigenvalue weighted by Crippen LogP contribution is -2.16. The molecule has 0 spiro atoms. The molecule has 0 saturated heterocycles. The molecule has 82 valence electrons. The molecule has 0 bridgehead atoms. The van der Waals surface area contributed by atoms with Crippen LogP contribution in [0.25, 0.3) is 0 Å². The molecule has 1 N–H and O–H groups in total. The number of benzene rings is 1. The van der Waals surface area contributed by atoms with E-state index in [1.54, 1.807) is 0 Å².